The molecule has 0 bridgehead atoms. The maximum absolute atomic E-state index is 12.5. The molecule has 0 spiro atoms. The normalized spacial score (nSPS) is 12.8. The van der Waals surface area contributed by atoms with Gasteiger partial charge in [-0.15, -0.1) is 5.10 Å². The highest BCUT2D eigenvalue weighted by Gasteiger charge is 2.16. The summed E-state index contributed by atoms with van der Waals surface area (Å²) in [4.78, 5) is 17.0. The lowest BCUT2D eigenvalue weighted by Gasteiger charge is -2.05. The minimum absolute atomic E-state index is 0.0846. The monoisotopic (exact) mass is 399 g/mol. The fraction of sp³-hybridized carbons (Fsp3) is 0.250. The number of benzene rings is 2. The molecule has 2 aromatic carbocycles. The van der Waals surface area contributed by atoms with Crippen LogP contribution in [0.5, 0.6) is 5.75 Å². The predicted molar refractivity (Wildman–Crippen MR) is 107 cm³/mol. The van der Waals surface area contributed by atoms with Crippen LogP contribution in [0.1, 0.15) is 27.9 Å². The molecule has 0 saturated carbocycles. The van der Waals surface area contributed by atoms with Gasteiger partial charge in [-0.05, 0) is 54.7 Å². The van der Waals surface area contributed by atoms with E-state index in [4.69, 9.17) is 16.3 Å². The van der Waals surface area contributed by atoms with Crippen LogP contribution >= 0.6 is 23.4 Å². The fourth-order valence-corrected chi connectivity index (χ4v) is 4.12. The zero-order valence-electron chi connectivity index (χ0n) is 14.8. The number of rotatable bonds is 6. The molecule has 0 saturated heterocycles. The van der Waals surface area contributed by atoms with Crippen molar-refractivity contribution in [3.05, 3.63) is 58.1 Å². The molecule has 1 aliphatic rings. The van der Waals surface area contributed by atoms with E-state index in [1.165, 1.54) is 29.3 Å². The summed E-state index contributed by atoms with van der Waals surface area (Å²) in [5.41, 5.74) is 4.16. The first-order valence-electron chi connectivity index (χ1n) is 8.68. The summed E-state index contributed by atoms with van der Waals surface area (Å²) < 4.78 is 5.35. The van der Waals surface area contributed by atoms with Crippen molar-refractivity contribution in [2.24, 2.45) is 0 Å². The number of methoxy groups -OCH3 is 1. The van der Waals surface area contributed by atoms with Crippen LogP contribution < -0.4 is 4.74 Å². The zero-order chi connectivity index (χ0) is 18.8. The number of ketones is 1. The first-order chi connectivity index (χ1) is 13.1. The van der Waals surface area contributed by atoms with Gasteiger partial charge in [0.2, 0.25) is 5.16 Å². The van der Waals surface area contributed by atoms with Gasteiger partial charge >= 0.3 is 0 Å². The summed E-state index contributed by atoms with van der Waals surface area (Å²) in [7, 11) is 1.59. The van der Waals surface area contributed by atoms with Crippen LogP contribution in [0.15, 0.2) is 41.6 Å². The number of carbonyl (C=O) groups excluding carboxylic acids is 1. The number of carbonyl (C=O) groups is 1. The maximum atomic E-state index is 12.5. The molecule has 0 fully saturated rings. The largest absolute Gasteiger partial charge is 0.496 e. The lowest BCUT2D eigenvalue weighted by molar-refractivity contribution is 0.102. The molecule has 1 heterocycles. The molecule has 4 rings (SSSR count). The predicted octanol–water partition coefficient (Wildman–Crippen LogP) is 4.60. The van der Waals surface area contributed by atoms with Crippen LogP contribution in [0.4, 0.5) is 0 Å². The molecular formula is C20H18ClN3O2S. The second-order valence-electron chi connectivity index (χ2n) is 6.36. The second kappa shape index (κ2) is 7.74. The average molecular weight is 400 g/mol. The third-order valence-corrected chi connectivity index (χ3v) is 5.72. The summed E-state index contributed by atoms with van der Waals surface area (Å²) >= 11 is 7.39. The van der Waals surface area contributed by atoms with E-state index in [-0.39, 0.29) is 5.78 Å². The standard InChI is InChI=1S/C20H18ClN3O2S/c1-26-18-8-7-15(21)10-16(18)19-22-20(24-23-19)27-11-17(25)14-6-5-12-3-2-4-13(12)9-14/h5-10H,2-4,11H2,1H3,(H,22,23,24). The molecule has 1 N–H and O–H groups in total. The Hall–Kier alpha value is -2.31. The van der Waals surface area contributed by atoms with E-state index in [0.29, 0.717) is 27.5 Å². The van der Waals surface area contributed by atoms with Crippen LogP contribution in [0.3, 0.4) is 0 Å². The lowest BCUT2D eigenvalue weighted by atomic mass is 10.0. The average Bonchev–Trinajstić information content (AvgIpc) is 3.34. The molecule has 0 aliphatic heterocycles. The minimum Gasteiger partial charge on any atom is -0.496 e. The Morgan fingerprint density at radius 3 is 2.93 bits per heavy atom. The molecule has 0 atom stereocenters. The highest BCUT2D eigenvalue weighted by Crippen LogP contribution is 2.31. The van der Waals surface area contributed by atoms with Crippen molar-refractivity contribution in [1.82, 2.24) is 15.2 Å². The summed E-state index contributed by atoms with van der Waals surface area (Å²) in [6.45, 7) is 0. The molecule has 27 heavy (non-hydrogen) atoms. The van der Waals surface area contributed by atoms with Crippen molar-refractivity contribution < 1.29 is 9.53 Å². The third-order valence-electron chi connectivity index (χ3n) is 4.63. The van der Waals surface area contributed by atoms with Crippen LogP contribution in [-0.2, 0) is 12.8 Å². The molecule has 0 radical (unpaired) electrons. The van der Waals surface area contributed by atoms with Crippen molar-refractivity contribution in [3.63, 3.8) is 0 Å². The second-order valence-corrected chi connectivity index (χ2v) is 7.74. The molecule has 3 aromatic rings. The number of halogens is 1. The number of fused-ring (bicyclic) bond motifs is 1. The van der Waals surface area contributed by atoms with E-state index in [2.05, 4.69) is 21.2 Å². The van der Waals surface area contributed by atoms with Crippen molar-refractivity contribution in [1.29, 1.82) is 0 Å². The van der Waals surface area contributed by atoms with E-state index >= 15 is 0 Å². The SMILES string of the molecule is COc1ccc(Cl)cc1-c1nc(SCC(=O)c2ccc3c(c2)CCC3)n[nH]1. The fourth-order valence-electron chi connectivity index (χ4n) is 3.26. The number of ether oxygens (including phenoxy) is 1. The van der Waals surface area contributed by atoms with Crippen molar-refractivity contribution >= 4 is 29.1 Å². The van der Waals surface area contributed by atoms with E-state index in [1.54, 1.807) is 25.3 Å². The van der Waals surface area contributed by atoms with Gasteiger partial charge in [-0.2, -0.15) is 0 Å². The Kier molecular flexibility index (Phi) is 5.18. The molecule has 5 nitrogen and oxygen atoms in total. The molecule has 7 heteroatoms. The Labute approximate surface area is 166 Å². The van der Waals surface area contributed by atoms with Crippen molar-refractivity contribution in [2.45, 2.75) is 24.4 Å². The van der Waals surface area contributed by atoms with Crippen LogP contribution in [0.2, 0.25) is 5.02 Å². The van der Waals surface area contributed by atoms with Crippen LogP contribution in [0.25, 0.3) is 11.4 Å². The number of H-pyrrole nitrogens is 1. The Bertz CT molecular complexity index is 1000. The van der Waals surface area contributed by atoms with Gasteiger partial charge in [-0.25, -0.2) is 4.98 Å². The molecule has 138 valence electrons. The Morgan fingerprint density at radius 1 is 1.22 bits per heavy atom. The minimum atomic E-state index is 0.0846. The highest BCUT2D eigenvalue weighted by molar-refractivity contribution is 7.99. The first-order valence-corrected chi connectivity index (χ1v) is 10.0. The number of thioether (sulfide) groups is 1. The van der Waals surface area contributed by atoms with Gasteiger partial charge in [0.1, 0.15) is 5.75 Å². The number of hydrogen-bond donors (Lipinski definition) is 1. The molecule has 0 amide bonds. The van der Waals surface area contributed by atoms with E-state index in [9.17, 15) is 4.79 Å². The topological polar surface area (TPSA) is 67.9 Å². The van der Waals surface area contributed by atoms with Crippen molar-refractivity contribution in [3.8, 4) is 17.1 Å². The summed E-state index contributed by atoms with van der Waals surface area (Å²) in [6, 6.07) is 11.3. The van der Waals surface area contributed by atoms with Gasteiger partial charge in [-0.1, -0.05) is 35.5 Å². The number of nitrogens with one attached hydrogen (secondary N) is 1. The van der Waals surface area contributed by atoms with E-state index in [1.807, 2.05) is 12.1 Å². The number of Topliss-reactive ketones (excluding diaryl/α,β-unsaturated/α-hetero) is 1. The van der Waals surface area contributed by atoms with E-state index < -0.39 is 0 Å². The summed E-state index contributed by atoms with van der Waals surface area (Å²) in [5.74, 6) is 1.59. The first kappa shape index (κ1) is 18.1. The van der Waals surface area contributed by atoms with Gasteiger partial charge in [0.05, 0.1) is 18.4 Å². The number of aromatic amines is 1. The molecule has 1 aliphatic carbocycles. The molecular weight excluding hydrogens is 382 g/mol. The van der Waals surface area contributed by atoms with Gasteiger partial charge in [0.15, 0.2) is 11.6 Å². The maximum Gasteiger partial charge on any atom is 0.209 e. The van der Waals surface area contributed by atoms with E-state index in [0.717, 1.165) is 24.0 Å². The zero-order valence-corrected chi connectivity index (χ0v) is 16.4. The van der Waals surface area contributed by atoms with Crippen molar-refractivity contribution in [2.75, 3.05) is 12.9 Å². The number of hydrogen-bond acceptors (Lipinski definition) is 5. The van der Waals surface area contributed by atoms with Crippen LogP contribution in [0, 0.1) is 0 Å². The van der Waals surface area contributed by atoms with Crippen LogP contribution in [-0.4, -0.2) is 33.8 Å². The van der Waals surface area contributed by atoms with Gasteiger partial charge < -0.3 is 4.74 Å². The summed E-state index contributed by atoms with van der Waals surface area (Å²) in [6.07, 6.45) is 3.36. The highest BCUT2D eigenvalue weighted by atomic mass is 35.5. The van der Waals surface area contributed by atoms with Gasteiger partial charge in [0.25, 0.3) is 0 Å². The molecule has 1 aromatic heterocycles. The van der Waals surface area contributed by atoms with Gasteiger partial charge in [0, 0.05) is 10.6 Å². The molecule has 0 unspecified atom stereocenters. The smallest absolute Gasteiger partial charge is 0.209 e. The Balaban J connectivity index is 1.46. The quantitative estimate of drug-likeness (QED) is 0.484. The number of aromatic nitrogens is 3. The van der Waals surface area contributed by atoms with Gasteiger partial charge in [-0.3, -0.25) is 9.89 Å². The number of nitrogens with zero attached hydrogens (tertiary/aromatic N) is 2. The lowest BCUT2D eigenvalue weighted by Crippen LogP contribution is -2.03. The summed E-state index contributed by atoms with van der Waals surface area (Å²) in [5, 5.41) is 8.19. The Morgan fingerprint density at radius 2 is 2.07 bits per heavy atom. The third kappa shape index (κ3) is 3.87. The number of aryl methyl sites for hydroxylation is 2.